The molecule has 4 heterocycles. The largest absolute Gasteiger partial charge is 0.573 e. The molecule has 0 bridgehead atoms. The van der Waals surface area contributed by atoms with Crippen molar-refractivity contribution >= 4 is 29.6 Å². The number of benzene rings is 2. The Labute approximate surface area is 366 Å². The van der Waals surface area contributed by atoms with E-state index in [1.54, 1.807) is 67.3 Å². The zero-order valence-electron chi connectivity index (χ0n) is 36.8. The Bertz CT molecular complexity index is 2130. The summed E-state index contributed by atoms with van der Waals surface area (Å²) in [4.78, 5) is 68.1. The quantitative estimate of drug-likeness (QED) is 0.184. The number of urea groups is 1. The van der Waals surface area contributed by atoms with Gasteiger partial charge in [-0.05, 0) is 62.1 Å². The fraction of sp³-hybridized carbons (Fsp3) is 0.578. The summed E-state index contributed by atoms with van der Waals surface area (Å²) in [6, 6.07) is 10.4. The average Bonchev–Trinajstić information content (AvgIpc) is 3.94. The van der Waals surface area contributed by atoms with Gasteiger partial charge in [-0.1, -0.05) is 45.0 Å². The van der Waals surface area contributed by atoms with Gasteiger partial charge < -0.3 is 44.5 Å². The van der Waals surface area contributed by atoms with Crippen LogP contribution in [0.1, 0.15) is 78.1 Å². The number of alkyl carbamates (subject to hydrolysis) is 1. The van der Waals surface area contributed by atoms with Crippen LogP contribution < -0.4 is 15.4 Å². The predicted molar refractivity (Wildman–Crippen MR) is 229 cm³/mol. The molecule has 3 saturated heterocycles. The minimum Gasteiger partial charge on any atom is -0.453 e. The van der Waals surface area contributed by atoms with Gasteiger partial charge in [-0.2, -0.15) is 0 Å². The molecule has 7 rings (SSSR count). The number of aromatic amines is 1. The number of ether oxygens (including phenoxy) is 3. The summed E-state index contributed by atoms with van der Waals surface area (Å²) >= 11 is 0. The Morgan fingerprint density at radius 2 is 1.60 bits per heavy atom. The highest BCUT2D eigenvalue weighted by atomic mass is 19.4. The van der Waals surface area contributed by atoms with Crippen molar-refractivity contribution in [2.24, 2.45) is 11.3 Å². The maximum Gasteiger partial charge on any atom is 0.573 e. The van der Waals surface area contributed by atoms with E-state index in [4.69, 9.17) is 14.5 Å². The number of alkyl halides is 3. The maximum absolute atomic E-state index is 13.9. The Morgan fingerprint density at radius 1 is 0.921 bits per heavy atom. The molecular formula is C45H59F3N8O7. The molecule has 18 heteroatoms. The predicted octanol–water partition coefficient (Wildman–Crippen LogP) is 7.03. The van der Waals surface area contributed by atoms with Gasteiger partial charge in [0.05, 0.1) is 24.9 Å². The third kappa shape index (κ3) is 10.1. The number of piperidine rings is 1. The summed E-state index contributed by atoms with van der Waals surface area (Å²) in [6.07, 6.45) is 0.0584. The summed E-state index contributed by atoms with van der Waals surface area (Å²) in [6.45, 7) is 12.1. The van der Waals surface area contributed by atoms with E-state index in [1.165, 1.54) is 19.2 Å². The lowest BCUT2D eigenvalue weighted by atomic mass is 9.62. The van der Waals surface area contributed by atoms with Crippen LogP contribution in [0.15, 0.2) is 48.7 Å². The number of amides is 5. The number of halogens is 3. The van der Waals surface area contributed by atoms with Crippen LogP contribution >= 0.6 is 0 Å². The lowest BCUT2D eigenvalue weighted by Crippen LogP contribution is -2.57. The number of rotatable bonds is 11. The number of carbonyl (C=O) groups is 4. The van der Waals surface area contributed by atoms with E-state index in [0.29, 0.717) is 61.7 Å². The van der Waals surface area contributed by atoms with Gasteiger partial charge in [0.2, 0.25) is 11.8 Å². The van der Waals surface area contributed by atoms with E-state index >= 15 is 0 Å². The number of aromatic nitrogens is 2. The Morgan fingerprint density at radius 3 is 2.19 bits per heavy atom. The van der Waals surface area contributed by atoms with E-state index in [1.807, 2.05) is 4.90 Å². The standard InChI is InChI=1S/C45H59F3N8O7/c1-7-44(4,52-42(60)62-6)40(58)56-27-32(61-5)25-36(56)38-49-26-35(51-38)29-10-8-28(9-11-29)33-13-12-30(24-37(33)63-45(46,47)48)50-41(59)55-18-15-31(16-19-55)53-20-22-54(23-21-53)39(57)34-14-17-43(34,2)3/h8-13,24,26,31-32,34,36H,7,14-23,25,27H2,1-6H3,(H,49,51)(H,50,59)(H,52,60)/t32-,34?,36-,44-/m0/s1. The molecule has 342 valence electrons. The highest BCUT2D eigenvalue weighted by Gasteiger charge is 2.47. The van der Waals surface area contributed by atoms with Gasteiger partial charge in [-0.25, -0.2) is 14.6 Å². The number of carbonyl (C=O) groups excluding carboxylic acids is 4. The minimum atomic E-state index is -4.99. The fourth-order valence-corrected chi connectivity index (χ4v) is 9.35. The van der Waals surface area contributed by atoms with Crippen LogP contribution in [-0.2, 0) is 19.1 Å². The van der Waals surface area contributed by atoms with Crippen LogP contribution in [0.2, 0.25) is 0 Å². The normalized spacial score (nSPS) is 22.8. The Balaban J connectivity index is 0.977. The van der Waals surface area contributed by atoms with E-state index in [0.717, 1.165) is 38.8 Å². The molecule has 4 atom stereocenters. The van der Waals surface area contributed by atoms with E-state index in [2.05, 4.69) is 39.1 Å². The maximum atomic E-state index is 13.9. The lowest BCUT2D eigenvalue weighted by molar-refractivity contribution is -0.274. The topological polar surface area (TPSA) is 162 Å². The van der Waals surface area contributed by atoms with Crippen molar-refractivity contribution in [2.75, 3.05) is 65.3 Å². The molecule has 0 radical (unpaired) electrons. The van der Waals surface area contributed by atoms with Gasteiger partial charge in [0.15, 0.2) is 0 Å². The number of piperazine rings is 1. The minimum absolute atomic E-state index is 0.0751. The molecule has 4 fully saturated rings. The summed E-state index contributed by atoms with van der Waals surface area (Å²) in [7, 11) is 2.80. The first-order valence-corrected chi connectivity index (χ1v) is 21.8. The molecule has 0 spiro atoms. The van der Waals surface area contributed by atoms with Gasteiger partial charge in [0, 0.05) is 100 Å². The van der Waals surface area contributed by atoms with Gasteiger partial charge >= 0.3 is 18.5 Å². The molecule has 5 amide bonds. The van der Waals surface area contributed by atoms with Crippen molar-refractivity contribution in [1.29, 1.82) is 0 Å². The molecule has 3 aromatic rings. The van der Waals surface area contributed by atoms with Crippen LogP contribution in [0.4, 0.5) is 28.4 Å². The molecular weight excluding hydrogens is 822 g/mol. The molecule has 1 saturated carbocycles. The summed E-state index contributed by atoms with van der Waals surface area (Å²) in [5.41, 5.74) is 0.837. The monoisotopic (exact) mass is 880 g/mol. The van der Waals surface area contributed by atoms with Crippen LogP contribution in [0.3, 0.4) is 0 Å². The number of hydrogen-bond donors (Lipinski definition) is 3. The number of imidazole rings is 1. The van der Waals surface area contributed by atoms with Crippen molar-refractivity contribution in [3.05, 3.63) is 54.5 Å². The number of anilines is 1. The van der Waals surface area contributed by atoms with Crippen LogP contribution in [0.5, 0.6) is 5.75 Å². The van der Waals surface area contributed by atoms with Crippen LogP contribution in [0.25, 0.3) is 22.4 Å². The van der Waals surface area contributed by atoms with Gasteiger partial charge in [0.25, 0.3) is 0 Å². The fourth-order valence-electron chi connectivity index (χ4n) is 9.35. The molecule has 15 nitrogen and oxygen atoms in total. The van der Waals surface area contributed by atoms with E-state index in [-0.39, 0.29) is 53.1 Å². The SMILES string of the molecule is CC[C@](C)(NC(=O)OC)C(=O)N1C[C@@H](OC)C[C@H]1c1nc(-c2ccc(-c3ccc(NC(=O)N4CCC(N5CCN(C(=O)C6CCC6(C)C)CC5)CC4)cc3OC(F)(F)F)cc2)c[nH]1. The number of likely N-dealkylation sites (tertiary alicyclic amines) is 2. The highest BCUT2D eigenvalue weighted by Crippen LogP contribution is 2.47. The number of methoxy groups -OCH3 is 2. The second-order valence-electron chi connectivity index (χ2n) is 18.0. The molecule has 4 aliphatic rings. The second kappa shape index (κ2) is 18.4. The van der Waals surface area contributed by atoms with Crippen molar-refractivity contribution in [3.63, 3.8) is 0 Å². The Hall–Kier alpha value is -5.36. The van der Waals surface area contributed by atoms with Crippen molar-refractivity contribution < 1.29 is 46.6 Å². The van der Waals surface area contributed by atoms with Gasteiger partial charge in [0.1, 0.15) is 17.1 Å². The van der Waals surface area contributed by atoms with Crippen molar-refractivity contribution in [3.8, 4) is 28.1 Å². The number of hydrogen-bond acceptors (Lipinski definition) is 9. The second-order valence-corrected chi connectivity index (χ2v) is 18.0. The highest BCUT2D eigenvalue weighted by molar-refractivity contribution is 5.91. The molecule has 2 aromatic carbocycles. The smallest absolute Gasteiger partial charge is 0.453 e. The zero-order chi connectivity index (χ0) is 45.3. The summed E-state index contributed by atoms with van der Waals surface area (Å²) in [5.74, 6) is 0.114. The first-order valence-electron chi connectivity index (χ1n) is 21.8. The van der Waals surface area contributed by atoms with E-state index < -0.39 is 35.8 Å². The molecule has 3 aliphatic heterocycles. The molecule has 3 N–H and O–H groups in total. The lowest BCUT2D eigenvalue weighted by Gasteiger charge is -2.48. The summed E-state index contributed by atoms with van der Waals surface area (Å²) in [5, 5.41) is 5.43. The molecule has 1 aromatic heterocycles. The number of nitrogens with one attached hydrogen (secondary N) is 3. The van der Waals surface area contributed by atoms with Crippen molar-refractivity contribution in [1.82, 2.24) is 34.9 Å². The average molecular weight is 881 g/mol. The molecule has 63 heavy (non-hydrogen) atoms. The van der Waals surface area contributed by atoms with Gasteiger partial charge in [-0.15, -0.1) is 13.2 Å². The molecule has 1 unspecified atom stereocenters. The first-order chi connectivity index (χ1) is 29.9. The van der Waals surface area contributed by atoms with Crippen molar-refractivity contribution in [2.45, 2.75) is 96.3 Å². The zero-order valence-corrected chi connectivity index (χ0v) is 36.8. The van der Waals surface area contributed by atoms with Crippen LogP contribution in [0, 0.1) is 11.3 Å². The third-order valence-electron chi connectivity index (χ3n) is 13.7. The Kier molecular flexibility index (Phi) is 13.3. The number of H-pyrrole nitrogens is 1. The number of nitrogens with zero attached hydrogens (tertiary/aromatic N) is 5. The van der Waals surface area contributed by atoms with Crippen LogP contribution in [-0.4, -0.2) is 138 Å². The summed E-state index contributed by atoms with van der Waals surface area (Å²) < 4.78 is 56.1. The first kappa shape index (κ1) is 45.7. The molecule has 1 aliphatic carbocycles. The van der Waals surface area contributed by atoms with Gasteiger partial charge in [-0.3, -0.25) is 14.5 Å². The van der Waals surface area contributed by atoms with E-state index in [9.17, 15) is 32.3 Å². The third-order valence-corrected chi connectivity index (χ3v) is 13.7.